The van der Waals surface area contributed by atoms with Gasteiger partial charge in [0.25, 0.3) is 5.91 Å². The van der Waals surface area contributed by atoms with E-state index in [9.17, 15) is 9.18 Å². The van der Waals surface area contributed by atoms with Crippen LogP contribution in [0.25, 0.3) is 11.6 Å². The maximum Gasteiger partial charge on any atom is 0.251 e. The van der Waals surface area contributed by atoms with Crippen molar-refractivity contribution in [2.45, 2.75) is 6.42 Å². The van der Waals surface area contributed by atoms with Crippen molar-refractivity contribution in [1.82, 2.24) is 5.32 Å². The van der Waals surface area contributed by atoms with Crippen molar-refractivity contribution in [3.63, 3.8) is 0 Å². The molecule has 0 aliphatic heterocycles. The first kappa shape index (κ1) is 17.6. The van der Waals surface area contributed by atoms with E-state index in [2.05, 4.69) is 5.32 Å². The summed E-state index contributed by atoms with van der Waals surface area (Å²) in [6.07, 6.45) is 2.54. The summed E-state index contributed by atoms with van der Waals surface area (Å²) in [6, 6.07) is 25.7. The van der Waals surface area contributed by atoms with Gasteiger partial charge in [0.2, 0.25) is 0 Å². The Morgan fingerprint density at radius 1 is 0.846 bits per heavy atom. The van der Waals surface area contributed by atoms with E-state index < -0.39 is 0 Å². The van der Waals surface area contributed by atoms with Crippen LogP contribution in [0.4, 0.5) is 4.39 Å². The maximum atomic E-state index is 13.0. The highest BCUT2D eigenvalue weighted by molar-refractivity contribution is 6.24. The third-order valence-corrected chi connectivity index (χ3v) is 4.05. The Kier molecular flexibility index (Phi) is 5.94. The molecule has 0 atom stereocenters. The predicted molar refractivity (Wildman–Crippen MR) is 104 cm³/mol. The van der Waals surface area contributed by atoms with E-state index in [1.165, 1.54) is 12.1 Å². The molecule has 3 heteroatoms. The normalized spacial score (nSPS) is 11.2. The van der Waals surface area contributed by atoms with Crippen LogP contribution in [-0.2, 0) is 11.2 Å². The van der Waals surface area contributed by atoms with Crippen LogP contribution in [0, 0.1) is 5.82 Å². The topological polar surface area (TPSA) is 29.1 Å². The Labute approximate surface area is 153 Å². The first-order chi connectivity index (χ1) is 12.7. The Morgan fingerprint density at radius 2 is 1.46 bits per heavy atom. The standard InChI is InChI=1S/C23H20FNO/c24-21-13-11-18(12-14-21)15-16-25-23(26)22(20-9-5-2-6-10-20)17-19-7-3-1-4-8-19/h1-14,17H,15-16H2,(H,25,26)/b22-17-. The molecule has 2 nitrogen and oxygen atoms in total. The number of hydrogen-bond donors (Lipinski definition) is 1. The highest BCUT2D eigenvalue weighted by Gasteiger charge is 2.11. The van der Waals surface area contributed by atoms with Gasteiger partial charge in [-0.25, -0.2) is 4.39 Å². The third kappa shape index (κ3) is 4.90. The van der Waals surface area contributed by atoms with Gasteiger partial charge in [-0.2, -0.15) is 0 Å². The molecular weight excluding hydrogens is 325 g/mol. The maximum absolute atomic E-state index is 13.0. The SMILES string of the molecule is O=C(NCCc1ccc(F)cc1)/C(=C\c1ccccc1)c1ccccc1. The zero-order valence-electron chi connectivity index (χ0n) is 14.4. The number of amides is 1. The molecule has 0 unspecified atom stereocenters. The van der Waals surface area contributed by atoms with Gasteiger partial charge in [-0.3, -0.25) is 4.79 Å². The molecule has 3 aromatic rings. The fourth-order valence-corrected chi connectivity index (χ4v) is 2.68. The number of carbonyl (C=O) groups excluding carboxylic acids is 1. The van der Waals surface area contributed by atoms with Crippen molar-refractivity contribution >= 4 is 17.6 Å². The highest BCUT2D eigenvalue weighted by Crippen LogP contribution is 2.18. The van der Waals surface area contributed by atoms with Gasteiger partial charge in [0.05, 0.1) is 0 Å². The number of benzene rings is 3. The van der Waals surface area contributed by atoms with Gasteiger partial charge < -0.3 is 5.32 Å². The van der Waals surface area contributed by atoms with Crippen LogP contribution in [-0.4, -0.2) is 12.5 Å². The minimum Gasteiger partial charge on any atom is -0.352 e. The molecule has 0 aliphatic carbocycles. The van der Waals surface area contributed by atoms with Crippen molar-refractivity contribution < 1.29 is 9.18 Å². The lowest BCUT2D eigenvalue weighted by Crippen LogP contribution is -2.26. The second kappa shape index (κ2) is 8.77. The van der Waals surface area contributed by atoms with E-state index in [0.717, 1.165) is 16.7 Å². The van der Waals surface area contributed by atoms with Gasteiger partial charge in [-0.15, -0.1) is 0 Å². The lowest BCUT2D eigenvalue weighted by molar-refractivity contribution is -0.115. The lowest BCUT2D eigenvalue weighted by Gasteiger charge is -2.10. The van der Waals surface area contributed by atoms with Crippen molar-refractivity contribution in [3.8, 4) is 0 Å². The quantitative estimate of drug-likeness (QED) is 0.508. The molecule has 1 amide bonds. The Balaban J connectivity index is 1.73. The molecule has 0 bridgehead atoms. The average molecular weight is 345 g/mol. The molecule has 0 aromatic heterocycles. The predicted octanol–water partition coefficient (Wildman–Crippen LogP) is 4.73. The Bertz CT molecular complexity index is 871. The average Bonchev–Trinajstić information content (AvgIpc) is 2.69. The van der Waals surface area contributed by atoms with Crippen LogP contribution in [0.15, 0.2) is 84.9 Å². The number of rotatable bonds is 6. The zero-order chi connectivity index (χ0) is 18.2. The molecule has 1 N–H and O–H groups in total. The summed E-state index contributed by atoms with van der Waals surface area (Å²) >= 11 is 0. The monoisotopic (exact) mass is 345 g/mol. The summed E-state index contributed by atoms with van der Waals surface area (Å²) in [5.74, 6) is -0.378. The fourth-order valence-electron chi connectivity index (χ4n) is 2.68. The highest BCUT2D eigenvalue weighted by atomic mass is 19.1. The van der Waals surface area contributed by atoms with Crippen molar-refractivity contribution in [2.75, 3.05) is 6.54 Å². The van der Waals surface area contributed by atoms with E-state index in [4.69, 9.17) is 0 Å². The molecule has 0 radical (unpaired) electrons. The molecule has 0 fully saturated rings. The molecular formula is C23H20FNO. The molecule has 0 spiro atoms. The first-order valence-corrected chi connectivity index (χ1v) is 8.57. The van der Waals surface area contributed by atoms with Gasteiger partial charge in [0.1, 0.15) is 5.82 Å². The second-order valence-electron chi connectivity index (χ2n) is 5.97. The van der Waals surface area contributed by atoms with Crippen LogP contribution >= 0.6 is 0 Å². The van der Waals surface area contributed by atoms with Crippen LogP contribution in [0.5, 0.6) is 0 Å². The molecule has 0 aliphatic rings. The minimum atomic E-state index is -0.255. The van der Waals surface area contributed by atoms with E-state index in [-0.39, 0.29) is 11.7 Å². The minimum absolute atomic E-state index is 0.123. The van der Waals surface area contributed by atoms with Crippen LogP contribution in [0.1, 0.15) is 16.7 Å². The molecule has 0 saturated heterocycles. The Hall–Kier alpha value is -3.20. The van der Waals surface area contributed by atoms with Gasteiger partial charge >= 0.3 is 0 Å². The lowest BCUT2D eigenvalue weighted by atomic mass is 10.0. The van der Waals surface area contributed by atoms with E-state index in [1.54, 1.807) is 12.1 Å². The van der Waals surface area contributed by atoms with Gasteiger partial charge in [-0.05, 0) is 41.3 Å². The molecule has 130 valence electrons. The van der Waals surface area contributed by atoms with Crippen molar-refractivity contribution in [2.24, 2.45) is 0 Å². The summed E-state index contributed by atoms with van der Waals surface area (Å²) in [7, 11) is 0. The Morgan fingerprint density at radius 3 is 2.12 bits per heavy atom. The number of nitrogens with one attached hydrogen (secondary N) is 1. The molecule has 3 rings (SSSR count). The smallest absolute Gasteiger partial charge is 0.251 e. The van der Waals surface area contributed by atoms with E-state index in [0.29, 0.717) is 18.5 Å². The molecule has 0 heterocycles. The fraction of sp³-hybridized carbons (Fsp3) is 0.0870. The van der Waals surface area contributed by atoms with Gasteiger partial charge in [-0.1, -0.05) is 72.8 Å². The molecule has 0 saturated carbocycles. The van der Waals surface area contributed by atoms with Crippen LogP contribution in [0.2, 0.25) is 0 Å². The van der Waals surface area contributed by atoms with Gasteiger partial charge in [0, 0.05) is 12.1 Å². The summed E-state index contributed by atoms with van der Waals surface area (Å²) in [6.45, 7) is 0.490. The van der Waals surface area contributed by atoms with E-state index >= 15 is 0 Å². The van der Waals surface area contributed by atoms with E-state index in [1.807, 2.05) is 66.7 Å². The largest absolute Gasteiger partial charge is 0.352 e. The first-order valence-electron chi connectivity index (χ1n) is 8.57. The van der Waals surface area contributed by atoms with Crippen molar-refractivity contribution in [1.29, 1.82) is 0 Å². The summed E-state index contributed by atoms with van der Waals surface area (Å²) < 4.78 is 13.0. The molecule has 3 aromatic carbocycles. The number of hydrogen-bond acceptors (Lipinski definition) is 1. The summed E-state index contributed by atoms with van der Waals surface area (Å²) in [4.78, 5) is 12.8. The molecule has 26 heavy (non-hydrogen) atoms. The second-order valence-corrected chi connectivity index (χ2v) is 5.97. The van der Waals surface area contributed by atoms with Crippen molar-refractivity contribution in [3.05, 3.63) is 107 Å². The van der Waals surface area contributed by atoms with Crippen LogP contribution < -0.4 is 5.32 Å². The number of carbonyl (C=O) groups is 1. The van der Waals surface area contributed by atoms with Gasteiger partial charge in [0.15, 0.2) is 0 Å². The van der Waals surface area contributed by atoms with Crippen LogP contribution in [0.3, 0.4) is 0 Å². The summed E-state index contributed by atoms with van der Waals surface area (Å²) in [5, 5.41) is 2.96. The summed E-state index contributed by atoms with van der Waals surface area (Å²) in [5.41, 5.74) is 3.45. The zero-order valence-corrected chi connectivity index (χ0v) is 14.4. The number of halogens is 1. The third-order valence-electron chi connectivity index (χ3n) is 4.05.